The third-order valence-corrected chi connectivity index (χ3v) is 3.60. The molecule has 1 unspecified atom stereocenters. The Kier molecular flexibility index (Phi) is 4.70. The fourth-order valence-corrected chi connectivity index (χ4v) is 2.61. The van der Waals surface area contributed by atoms with Gasteiger partial charge in [0.15, 0.2) is 0 Å². The minimum absolute atomic E-state index is 0.220. The van der Waals surface area contributed by atoms with Crippen LogP contribution in [0.2, 0.25) is 0 Å². The molecule has 0 aliphatic carbocycles. The summed E-state index contributed by atoms with van der Waals surface area (Å²) in [6, 6.07) is 4.27. The van der Waals surface area contributed by atoms with Crippen LogP contribution in [0.25, 0.3) is 0 Å². The first-order valence-electron chi connectivity index (χ1n) is 6.60. The number of rotatable bonds is 5. The Bertz CT molecular complexity index is 381. The van der Waals surface area contributed by atoms with Gasteiger partial charge in [-0.2, -0.15) is 0 Å². The molecule has 0 amide bonds. The molecule has 1 atom stereocenters. The number of nitrogens with zero attached hydrogens (tertiary/aromatic N) is 2. The van der Waals surface area contributed by atoms with Crippen LogP contribution in [0, 0.1) is 0 Å². The molecule has 0 saturated carbocycles. The Morgan fingerprint density at radius 3 is 2.89 bits per heavy atom. The molecule has 4 nitrogen and oxygen atoms in total. The average Bonchev–Trinajstić information content (AvgIpc) is 2.38. The summed E-state index contributed by atoms with van der Waals surface area (Å²) in [5, 5.41) is 8.93. The Hall–Kier alpha value is -1.42. The lowest BCUT2D eigenvalue weighted by Gasteiger charge is -2.34. The second kappa shape index (κ2) is 6.50. The maximum Gasteiger partial charge on any atom is 0.304 e. The van der Waals surface area contributed by atoms with Crippen LogP contribution in [0.15, 0.2) is 24.5 Å². The molecule has 1 aromatic heterocycles. The van der Waals surface area contributed by atoms with Crippen molar-refractivity contribution in [3.8, 4) is 0 Å². The van der Waals surface area contributed by atoms with Gasteiger partial charge in [0.1, 0.15) is 0 Å². The molecule has 98 valence electrons. The van der Waals surface area contributed by atoms with Gasteiger partial charge in [-0.05, 0) is 43.5 Å². The molecule has 0 aromatic carbocycles. The summed E-state index contributed by atoms with van der Waals surface area (Å²) in [4.78, 5) is 17.2. The van der Waals surface area contributed by atoms with Crippen molar-refractivity contribution in [2.24, 2.45) is 0 Å². The summed E-state index contributed by atoms with van der Waals surface area (Å²) in [7, 11) is 0. The highest BCUT2D eigenvalue weighted by atomic mass is 16.4. The van der Waals surface area contributed by atoms with Gasteiger partial charge in [0.05, 0.1) is 6.42 Å². The van der Waals surface area contributed by atoms with Crippen LogP contribution < -0.4 is 0 Å². The highest BCUT2D eigenvalue weighted by Gasteiger charge is 2.23. The number of carboxylic acids is 1. The fraction of sp³-hybridized carbons (Fsp3) is 0.571. The van der Waals surface area contributed by atoms with Gasteiger partial charge in [-0.25, -0.2) is 0 Å². The topological polar surface area (TPSA) is 53.4 Å². The van der Waals surface area contributed by atoms with E-state index in [9.17, 15) is 4.79 Å². The van der Waals surface area contributed by atoms with Crippen molar-refractivity contribution >= 4 is 5.97 Å². The molecule has 1 aliphatic rings. The Morgan fingerprint density at radius 1 is 1.39 bits per heavy atom. The number of piperidine rings is 1. The van der Waals surface area contributed by atoms with E-state index < -0.39 is 5.97 Å². The standard InChI is InChI=1S/C14H20N2O2/c17-14(18)11-13-3-1-2-9-16(13)10-6-12-4-7-15-8-5-12/h4-5,7-8,13H,1-3,6,9-11H2,(H,17,18). The molecular formula is C14H20N2O2. The van der Waals surface area contributed by atoms with Gasteiger partial charge in [-0.3, -0.25) is 14.7 Å². The van der Waals surface area contributed by atoms with E-state index in [2.05, 4.69) is 9.88 Å². The van der Waals surface area contributed by atoms with E-state index in [1.54, 1.807) is 12.4 Å². The van der Waals surface area contributed by atoms with Crippen LogP contribution in [0.5, 0.6) is 0 Å². The summed E-state index contributed by atoms with van der Waals surface area (Å²) in [6.45, 7) is 1.98. The Balaban J connectivity index is 1.87. The third-order valence-electron chi connectivity index (χ3n) is 3.60. The van der Waals surface area contributed by atoms with Crippen molar-refractivity contribution in [3.63, 3.8) is 0 Å². The lowest BCUT2D eigenvalue weighted by Crippen LogP contribution is -2.41. The normalized spacial score (nSPS) is 20.8. The average molecular weight is 248 g/mol. The molecule has 4 heteroatoms. The number of pyridine rings is 1. The first kappa shape index (κ1) is 13.0. The Morgan fingerprint density at radius 2 is 2.17 bits per heavy atom. The highest BCUT2D eigenvalue weighted by Crippen LogP contribution is 2.20. The maximum absolute atomic E-state index is 10.9. The molecule has 1 fully saturated rings. The second-order valence-corrected chi connectivity index (χ2v) is 4.89. The summed E-state index contributed by atoms with van der Waals surface area (Å²) >= 11 is 0. The quantitative estimate of drug-likeness (QED) is 0.865. The molecule has 1 aromatic rings. The molecule has 0 bridgehead atoms. The number of carbonyl (C=O) groups is 1. The second-order valence-electron chi connectivity index (χ2n) is 4.89. The van der Waals surface area contributed by atoms with E-state index in [1.165, 1.54) is 12.0 Å². The predicted molar refractivity (Wildman–Crippen MR) is 69.4 cm³/mol. The molecule has 2 rings (SSSR count). The van der Waals surface area contributed by atoms with Gasteiger partial charge in [0, 0.05) is 25.0 Å². The predicted octanol–water partition coefficient (Wildman–Crippen LogP) is 1.95. The number of aromatic nitrogens is 1. The SMILES string of the molecule is O=C(O)CC1CCCCN1CCc1ccncc1. The number of hydrogen-bond acceptors (Lipinski definition) is 3. The first-order valence-corrected chi connectivity index (χ1v) is 6.60. The van der Waals surface area contributed by atoms with E-state index in [-0.39, 0.29) is 12.5 Å². The largest absolute Gasteiger partial charge is 0.481 e. The first-order chi connectivity index (χ1) is 8.75. The van der Waals surface area contributed by atoms with Crippen molar-refractivity contribution in [2.45, 2.75) is 38.1 Å². The minimum Gasteiger partial charge on any atom is -0.481 e. The van der Waals surface area contributed by atoms with Crippen LogP contribution in [-0.2, 0) is 11.2 Å². The third kappa shape index (κ3) is 3.81. The molecule has 1 aliphatic heterocycles. The molecule has 1 N–H and O–H groups in total. The molecule has 2 heterocycles. The molecule has 18 heavy (non-hydrogen) atoms. The van der Waals surface area contributed by atoms with E-state index >= 15 is 0 Å². The lowest BCUT2D eigenvalue weighted by molar-refractivity contribution is -0.138. The summed E-state index contributed by atoms with van der Waals surface area (Å²) in [6.07, 6.45) is 8.22. The fourth-order valence-electron chi connectivity index (χ4n) is 2.61. The smallest absolute Gasteiger partial charge is 0.304 e. The van der Waals surface area contributed by atoms with Gasteiger partial charge in [-0.15, -0.1) is 0 Å². The van der Waals surface area contributed by atoms with Gasteiger partial charge >= 0.3 is 5.97 Å². The van der Waals surface area contributed by atoms with Crippen molar-refractivity contribution < 1.29 is 9.90 Å². The van der Waals surface area contributed by atoms with Crippen LogP contribution in [0.3, 0.4) is 0 Å². The highest BCUT2D eigenvalue weighted by molar-refractivity contribution is 5.67. The molecule has 1 saturated heterocycles. The minimum atomic E-state index is -0.684. The van der Waals surface area contributed by atoms with E-state index in [0.29, 0.717) is 0 Å². The zero-order valence-electron chi connectivity index (χ0n) is 10.6. The zero-order chi connectivity index (χ0) is 12.8. The molecule has 0 radical (unpaired) electrons. The van der Waals surface area contributed by atoms with Crippen LogP contribution in [0.4, 0.5) is 0 Å². The lowest BCUT2D eigenvalue weighted by atomic mass is 9.98. The van der Waals surface area contributed by atoms with E-state index in [1.807, 2.05) is 12.1 Å². The number of hydrogen-bond donors (Lipinski definition) is 1. The van der Waals surface area contributed by atoms with Crippen molar-refractivity contribution in [3.05, 3.63) is 30.1 Å². The van der Waals surface area contributed by atoms with Crippen molar-refractivity contribution in [1.82, 2.24) is 9.88 Å². The summed E-state index contributed by atoms with van der Waals surface area (Å²) < 4.78 is 0. The monoisotopic (exact) mass is 248 g/mol. The number of aliphatic carboxylic acids is 1. The van der Waals surface area contributed by atoms with Crippen LogP contribution in [0.1, 0.15) is 31.2 Å². The van der Waals surface area contributed by atoms with Gasteiger partial charge in [-0.1, -0.05) is 6.42 Å². The number of likely N-dealkylation sites (tertiary alicyclic amines) is 1. The molecule has 0 spiro atoms. The number of carboxylic acid groups (broad SMARTS) is 1. The van der Waals surface area contributed by atoms with Crippen molar-refractivity contribution in [2.75, 3.05) is 13.1 Å². The van der Waals surface area contributed by atoms with Crippen molar-refractivity contribution in [1.29, 1.82) is 0 Å². The van der Waals surface area contributed by atoms with E-state index in [0.717, 1.165) is 32.4 Å². The summed E-state index contributed by atoms with van der Waals surface area (Å²) in [5.74, 6) is -0.684. The van der Waals surface area contributed by atoms with Gasteiger partial charge in [0.2, 0.25) is 0 Å². The van der Waals surface area contributed by atoms with Crippen LogP contribution in [-0.4, -0.2) is 40.1 Å². The van der Waals surface area contributed by atoms with E-state index in [4.69, 9.17) is 5.11 Å². The summed E-state index contributed by atoms with van der Waals surface area (Å²) in [5.41, 5.74) is 1.27. The van der Waals surface area contributed by atoms with Gasteiger partial charge in [0.25, 0.3) is 0 Å². The van der Waals surface area contributed by atoms with Crippen LogP contribution >= 0.6 is 0 Å². The molecular weight excluding hydrogens is 228 g/mol. The van der Waals surface area contributed by atoms with Gasteiger partial charge < -0.3 is 5.11 Å². The Labute approximate surface area is 108 Å². The maximum atomic E-state index is 10.9. The zero-order valence-corrected chi connectivity index (χ0v) is 10.6.